The highest BCUT2D eigenvalue weighted by molar-refractivity contribution is 5.68. The molecule has 0 aromatic heterocycles. The zero-order valence-corrected chi connectivity index (χ0v) is 5.77. The summed E-state index contributed by atoms with van der Waals surface area (Å²) in [7, 11) is 0. The highest BCUT2D eigenvalue weighted by Crippen LogP contribution is 2.27. The van der Waals surface area contributed by atoms with Crippen LogP contribution in [0.5, 0.6) is 0 Å². The fourth-order valence-corrected chi connectivity index (χ4v) is 0.728. The van der Waals surface area contributed by atoms with Gasteiger partial charge in [0.05, 0.1) is 6.42 Å². The third-order valence-electron chi connectivity index (χ3n) is 1.34. The van der Waals surface area contributed by atoms with Crippen LogP contribution in [0.2, 0.25) is 0 Å². The third-order valence-corrected chi connectivity index (χ3v) is 1.34. The lowest BCUT2D eigenvalue weighted by molar-refractivity contribution is -0.138. The van der Waals surface area contributed by atoms with Gasteiger partial charge in [0.15, 0.2) is 0 Å². The van der Waals surface area contributed by atoms with Crippen LogP contribution in [0.1, 0.15) is 12.8 Å². The second-order valence-corrected chi connectivity index (χ2v) is 2.18. The number of nitrogens with zero attached hydrogens (tertiary/aromatic N) is 4. The summed E-state index contributed by atoms with van der Waals surface area (Å²) in [6.45, 7) is 3.52. The molecule has 0 saturated carbocycles. The largest absolute Gasteiger partial charge is 0.481 e. The van der Waals surface area contributed by atoms with Gasteiger partial charge in [-0.15, -0.1) is 10.2 Å². The molecule has 0 aromatic carbocycles. The Bertz CT molecular complexity index is 211. The van der Waals surface area contributed by atoms with Crippen LogP contribution in [0.3, 0.4) is 0 Å². The zero-order valence-electron chi connectivity index (χ0n) is 5.77. The van der Waals surface area contributed by atoms with Crippen molar-refractivity contribution in [3.8, 4) is 0 Å². The van der Waals surface area contributed by atoms with E-state index in [0.29, 0.717) is 0 Å². The van der Waals surface area contributed by atoms with Crippen LogP contribution >= 0.6 is 0 Å². The monoisotopic (exact) mass is 155 g/mol. The lowest BCUT2D eigenvalue weighted by Crippen LogP contribution is -2.24. The van der Waals surface area contributed by atoms with Gasteiger partial charge >= 0.3 is 5.97 Å². The van der Waals surface area contributed by atoms with Crippen LogP contribution in [0.4, 0.5) is 0 Å². The van der Waals surface area contributed by atoms with Crippen LogP contribution in [0.25, 0.3) is 0 Å². The van der Waals surface area contributed by atoms with Gasteiger partial charge in [-0.1, -0.05) is 0 Å². The van der Waals surface area contributed by atoms with E-state index < -0.39 is 11.6 Å². The van der Waals surface area contributed by atoms with Gasteiger partial charge in [0, 0.05) is 0 Å². The molecular formula is C5H7N4O2. The zero-order chi connectivity index (χ0) is 8.32. The van der Waals surface area contributed by atoms with Crippen molar-refractivity contribution in [2.45, 2.75) is 18.5 Å². The number of carboxylic acids is 1. The Morgan fingerprint density at radius 2 is 2.00 bits per heavy atom. The number of hydrogen-bond donors (Lipinski definition) is 1. The summed E-state index contributed by atoms with van der Waals surface area (Å²) in [5.41, 5.74) is -1.04. The topological polar surface area (TPSA) is 86.7 Å². The summed E-state index contributed by atoms with van der Waals surface area (Å²) in [4.78, 5) is 10.3. The van der Waals surface area contributed by atoms with Crippen LogP contribution in [0.15, 0.2) is 20.7 Å². The minimum atomic E-state index is -1.04. The molecule has 1 N–H and O–H groups in total. The molecule has 6 nitrogen and oxygen atoms in total. The number of hydrogen-bond acceptors (Lipinski definition) is 5. The van der Waals surface area contributed by atoms with E-state index in [0.717, 1.165) is 0 Å². The fraction of sp³-hybridized carbons (Fsp3) is 0.600. The molecule has 0 aromatic rings. The SMILES string of the molecule is [CH2]CC1(CC(=O)O)N=NN=N1. The van der Waals surface area contributed by atoms with Gasteiger partial charge in [-0.05, 0) is 23.8 Å². The van der Waals surface area contributed by atoms with Gasteiger partial charge in [-0.3, -0.25) is 4.79 Å². The Hall–Kier alpha value is -1.33. The highest BCUT2D eigenvalue weighted by atomic mass is 16.4. The maximum absolute atomic E-state index is 10.3. The van der Waals surface area contributed by atoms with Crippen molar-refractivity contribution in [1.82, 2.24) is 0 Å². The van der Waals surface area contributed by atoms with E-state index in [1.165, 1.54) is 0 Å². The maximum atomic E-state index is 10.3. The molecule has 0 amide bonds. The van der Waals surface area contributed by atoms with Gasteiger partial charge in [0.2, 0.25) is 5.66 Å². The molecule has 0 unspecified atom stereocenters. The summed E-state index contributed by atoms with van der Waals surface area (Å²) in [5, 5.41) is 22.1. The minimum absolute atomic E-state index is 0.205. The molecule has 0 bridgehead atoms. The molecule has 1 radical (unpaired) electrons. The lowest BCUT2D eigenvalue weighted by Gasteiger charge is -2.13. The summed E-state index contributed by atoms with van der Waals surface area (Å²) in [5.74, 6) is -0.978. The van der Waals surface area contributed by atoms with Crippen molar-refractivity contribution in [3.63, 3.8) is 0 Å². The van der Waals surface area contributed by atoms with Crippen molar-refractivity contribution in [2.75, 3.05) is 0 Å². The first kappa shape index (κ1) is 7.77. The van der Waals surface area contributed by atoms with E-state index >= 15 is 0 Å². The molecule has 1 rings (SSSR count). The molecule has 0 saturated heterocycles. The van der Waals surface area contributed by atoms with Crippen LogP contribution in [-0.2, 0) is 4.79 Å². The maximum Gasteiger partial charge on any atom is 0.307 e. The molecule has 6 heteroatoms. The van der Waals surface area contributed by atoms with Gasteiger partial charge in [-0.2, -0.15) is 0 Å². The molecule has 1 heterocycles. The number of aliphatic carboxylic acids is 1. The standard InChI is InChI=1S/C5H7N4O2/c1-2-5(3-4(10)11)6-8-9-7-5/h1-3H2,(H,10,11). The first-order chi connectivity index (χ1) is 5.18. The van der Waals surface area contributed by atoms with Crippen molar-refractivity contribution in [2.24, 2.45) is 20.7 Å². The summed E-state index contributed by atoms with van der Waals surface area (Å²) in [6, 6.07) is 0. The van der Waals surface area contributed by atoms with Gasteiger partial charge in [0.1, 0.15) is 0 Å². The molecule has 0 aliphatic carbocycles. The Labute approximate surface area is 63.0 Å². The first-order valence-electron chi connectivity index (χ1n) is 3.04. The molecule has 1 aliphatic rings. The minimum Gasteiger partial charge on any atom is -0.481 e. The Morgan fingerprint density at radius 3 is 2.36 bits per heavy atom. The third kappa shape index (κ3) is 1.57. The van der Waals surface area contributed by atoms with Crippen LogP contribution in [-0.4, -0.2) is 16.7 Å². The molecule has 1 aliphatic heterocycles. The quantitative estimate of drug-likeness (QED) is 0.664. The second kappa shape index (κ2) is 2.73. The second-order valence-electron chi connectivity index (χ2n) is 2.18. The average molecular weight is 155 g/mol. The van der Waals surface area contributed by atoms with Crippen molar-refractivity contribution in [3.05, 3.63) is 6.92 Å². The molecule has 11 heavy (non-hydrogen) atoms. The van der Waals surface area contributed by atoms with Gasteiger partial charge in [0.25, 0.3) is 0 Å². The van der Waals surface area contributed by atoms with E-state index in [1.807, 2.05) is 0 Å². The van der Waals surface area contributed by atoms with Crippen LogP contribution in [0, 0.1) is 6.92 Å². The number of carboxylic acid groups (broad SMARTS) is 1. The van der Waals surface area contributed by atoms with Crippen molar-refractivity contribution in [1.29, 1.82) is 0 Å². The molecule has 0 fully saturated rings. The van der Waals surface area contributed by atoms with E-state index in [4.69, 9.17) is 5.11 Å². The average Bonchev–Trinajstić information content (AvgIpc) is 2.36. The molecule has 59 valence electrons. The Kier molecular flexibility index (Phi) is 1.93. The Balaban J connectivity index is 2.69. The van der Waals surface area contributed by atoms with Crippen molar-refractivity contribution < 1.29 is 9.90 Å². The lowest BCUT2D eigenvalue weighted by atomic mass is 10.1. The predicted octanol–water partition coefficient (Wildman–Crippen LogP) is 1.21. The summed E-state index contributed by atoms with van der Waals surface area (Å²) >= 11 is 0. The summed E-state index contributed by atoms with van der Waals surface area (Å²) < 4.78 is 0. The van der Waals surface area contributed by atoms with Gasteiger partial charge in [-0.25, -0.2) is 0 Å². The van der Waals surface area contributed by atoms with E-state index in [1.54, 1.807) is 0 Å². The predicted molar refractivity (Wildman–Crippen MR) is 34.7 cm³/mol. The Morgan fingerprint density at radius 1 is 1.45 bits per heavy atom. The number of carbonyl (C=O) groups is 1. The highest BCUT2D eigenvalue weighted by Gasteiger charge is 2.33. The fourth-order valence-electron chi connectivity index (χ4n) is 0.728. The van der Waals surface area contributed by atoms with Crippen LogP contribution < -0.4 is 0 Å². The first-order valence-corrected chi connectivity index (χ1v) is 3.04. The van der Waals surface area contributed by atoms with Gasteiger partial charge < -0.3 is 5.11 Å². The molecule has 0 spiro atoms. The van der Waals surface area contributed by atoms with E-state index in [-0.39, 0.29) is 12.8 Å². The molecular weight excluding hydrogens is 148 g/mol. The summed E-state index contributed by atoms with van der Waals surface area (Å²) in [6.07, 6.45) is 0.0514. The van der Waals surface area contributed by atoms with E-state index in [9.17, 15) is 4.79 Å². The molecule has 0 atom stereocenters. The normalized spacial score (nSPS) is 19.0. The smallest absolute Gasteiger partial charge is 0.307 e. The number of rotatable bonds is 3. The van der Waals surface area contributed by atoms with Crippen molar-refractivity contribution >= 4 is 5.97 Å². The van der Waals surface area contributed by atoms with E-state index in [2.05, 4.69) is 27.6 Å².